The Morgan fingerprint density at radius 1 is 0.833 bits per heavy atom. The van der Waals surface area contributed by atoms with Crippen molar-refractivity contribution in [1.29, 1.82) is 0 Å². The maximum atomic E-state index is 14.4. The Balaban J connectivity index is 1.69. The van der Waals surface area contributed by atoms with Crippen molar-refractivity contribution in [2.45, 2.75) is 31.8 Å². The number of benzene rings is 4. The van der Waals surface area contributed by atoms with Crippen LogP contribution in [0.2, 0.25) is 0 Å². The Morgan fingerprint density at radius 3 is 2.14 bits per heavy atom. The number of amides is 3. The van der Waals surface area contributed by atoms with Gasteiger partial charge in [-0.25, -0.2) is 9.18 Å². The van der Waals surface area contributed by atoms with Crippen molar-refractivity contribution in [3.8, 4) is 0 Å². The van der Waals surface area contributed by atoms with Gasteiger partial charge in [-0.15, -0.1) is 0 Å². The lowest BCUT2D eigenvalue weighted by Crippen LogP contribution is -2.50. The summed E-state index contributed by atoms with van der Waals surface area (Å²) in [6.07, 6.45) is 3.61. The predicted octanol–water partition coefficient (Wildman–Crippen LogP) is 6.51. The van der Waals surface area contributed by atoms with Crippen molar-refractivity contribution in [1.82, 2.24) is 4.90 Å². The molecule has 4 unspecified atom stereocenters. The minimum absolute atomic E-state index is 0.243. The molecular formula is C35H32FN3O3. The SMILES string of the molecule is Cc1cccc(NC(=O)N2C(C=Cc3ccccc3)C(C(=O)c3cccc(C)c3)C(c3ccc(F)cc3)C2C(N)=O)c1. The third kappa shape index (κ3) is 6.00. The van der Waals surface area contributed by atoms with Gasteiger partial charge in [0, 0.05) is 17.2 Å². The Hall–Kier alpha value is -5.04. The van der Waals surface area contributed by atoms with Crippen molar-refractivity contribution < 1.29 is 18.8 Å². The molecule has 6 nitrogen and oxygen atoms in total. The average molecular weight is 562 g/mol. The molecule has 0 spiro atoms. The molecule has 3 N–H and O–H groups in total. The number of Topliss-reactive ketones (excluding diaryl/α,β-unsaturated/α-hetero) is 1. The number of halogens is 1. The molecule has 212 valence electrons. The number of rotatable bonds is 7. The molecule has 1 fully saturated rings. The lowest BCUT2D eigenvalue weighted by molar-refractivity contribution is -0.122. The number of carbonyl (C=O) groups is 3. The molecule has 1 heterocycles. The highest BCUT2D eigenvalue weighted by atomic mass is 19.1. The molecule has 0 radical (unpaired) electrons. The maximum Gasteiger partial charge on any atom is 0.323 e. The van der Waals surface area contributed by atoms with Crippen LogP contribution in [0, 0.1) is 25.6 Å². The molecule has 4 atom stereocenters. The van der Waals surface area contributed by atoms with E-state index in [2.05, 4.69) is 5.32 Å². The maximum absolute atomic E-state index is 14.4. The quantitative estimate of drug-likeness (QED) is 0.252. The van der Waals surface area contributed by atoms with Gasteiger partial charge in [0.15, 0.2) is 5.78 Å². The number of nitrogens with two attached hydrogens (primary N) is 1. The highest BCUT2D eigenvalue weighted by molar-refractivity contribution is 6.03. The Labute approximate surface area is 244 Å². The molecule has 4 aromatic rings. The van der Waals surface area contributed by atoms with Crippen LogP contribution in [0.5, 0.6) is 0 Å². The van der Waals surface area contributed by atoms with Gasteiger partial charge in [-0.1, -0.05) is 90.5 Å². The van der Waals surface area contributed by atoms with Crippen LogP contribution in [-0.4, -0.2) is 34.7 Å². The first-order valence-corrected chi connectivity index (χ1v) is 13.8. The molecule has 1 aliphatic rings. The van der Waals surface area contributed by atoms with E-state index < -0.39 is 41.7 Å². The van der Waals surface area contributed by atoms with Crippen LogP contribution >= 0.6 is 0 Å². The number of aryl methyl sites for hydroxylation is 2. The summed E-state index contributed by atoms with van der Waals surface area (Å²) >= 11 is 0. The largest absolute Gasteiger partial charge is 0.368 e. The zero-order chi connectivity index (χ0) is 29.8. The molecule has 1 aliphatic heterocycles. The first-order valence-electron chi connectivity index (χ1n) is 13.8. The number of urea groups is 1. The van der Waals surface area contributed by atoms with Gasteiger partial charge in [0.25, 0.3) is 0 Å². The van der Waals surface area contributed by atoms with Crippen molar-refractivity contribution in [3.63, 3.8) is 0 Å². The van der Waals surface area contributed by atoms with Gasteiger partial charge in [0.05, 0.1) is 12.0 Å². The van der Waals surface area contributed by atoms with Crippen LogP contribution in [-0.2, 0) is 4.79 Å². The lowest BCUT2D eigenvalue weighted by Gasteiger charge is -2.29. The lowest BCUT2D eigenvalue weighted by atomic mass is 9.77. The van der Waals surface area contributed by atoms with E-state index in [1.807, 2.05) is 74.5 Å². The number of anilines is 1. The molecular weight excluding hydrogens is 529 g/mol. The summed E-state index contributed by atoms with van der Waals surface area (Å²) in [6.45, 7) is 3.80. The molecule has 1 saturated heterocycles. The minimum atomic E-state index is -1.19. The Kier molecular flexibility index (Phi) is 8.29. The van der Waals surface area contributed by atoms with E-state index in [9.17, 15) is 18.8 Å². The number of ketones is 1. The van der Waals surface area contributed by atoms with Crippen LogP contribution in [0.3, 0.4) is 0 Å². The van der Waals surface area contributed by atoms with Gasteiger partial charge in [-0.05, 0) is 60.9 Å². The van der Waals surface area contributed by atoms with Crippen molar-refractivity contribution >= 4 is 29.5 Å². The fraction of sp³-hybridized carbons (Fsp3) is 0.171. The van der Waals surface area contributed by atoms with Crippen LogP contribution in [0.15, 0.2) is 109 Å². The monoisotopic (exact) mass is 561 g/mol. The van der Waals surface area contributed by atoms with E-state index in [0.29, 0.717) is 16.8 Å². The van der Waals surface area contributed by atoms with E-state index in [-0.39, 0.29) is 5.78 Å². The standard InChI is InChI=1S/C35H32FN3O3/c1-22-8-6-12-26(20-22)33(40)31-29(19-14-24-10-4-3-5-11-24)39(35(42)38-28-13-7-9-23(2)21-28)32(34(37)41)30(31)25-15-17-27(36)18-16-25/h3-21,29-32H,1-2H3,(H2,37,41)(H,38,42). The smallest absolute Gasteiger partial charge is 0.323 e. The predicted molar refractivity (Wildman–Crippen MR) is 162 cm³/mol. The second kappa shape index (κ2) is 12.2. The van der Waals surface area contributed by atoms with Gasteiger partial charge >= 0.3 is 6.03 Å². The summed E-state index contributed by atoms with van der Waals surface area (Å²) in [5.74, 6) is -3.18. The van der Waals surface area contributed by atoms with Crippen molar-refractivity contribution in [3.05, 3.63) is 143 Å². The van der Waals surface area contributed by atoms with Crippen molar-refractivity contribution in [2.75, 3.05) is 5.32 Å². The number of hydrogen-bond acceptors (Lipinski definition) is 3. The number of primary amides is 1. The second-order valence-corrected chi connectivity index (χ2v) is 10.7. The third-order valence-electron chi connectivity index (χ3n) is 7.66. The van der Waals surface area contributed by atoms with E-state index in [1.165, 1.54) is 17.0 Å². The highest BCUT2D eigenvalue weighted by Gasteiger charge is 2.55. The molecule has 0 saturated carbocycles. The number of nitrogens with one attached hydrogen (secondary N) is 1. The first-order chi connectivity index (χ1) is 20.2. The number of nitrogens with zero attached hydrogens (tertiary/aromatic N) is 1. The fourth-order valence-corrected chi connectivity index (χ4v) is 5.80. The molecule has 3 amide bonds. The molecule has 4 aromatic carbocycles. The van der Waals surface area contributed by atoms with Gasteiger partial charge in [-0.3, -0.25) is 9.59 Å². The average Bonchev–Trinajstić information content (AvgIpc) is 3.32. The second-order valence-electron chi connectivity index (χ2n) is 10.7. The van der Waals surface area contributed by atoms with Gasteiger partial charge in [0.1, 0.15) is 11.9 Å². The summed E-state index contributed by atoms with van der Waals surface area (Å²) in [5, 5.41) is 2.90. The summed E-state index contributed by atoms with van der Waals surface area (Å²) in [4.78, 5) is 43.1. The molecule has 0 aliphatic carbocycles. The molecule has 0 aromatic heterocycles. The highest BCUT2D eigenvalue weighted by Crippen LogP contribution is 2.45. The van der Waals surface area contributed by atoms with Gasteiger partial charge < -0.3 is 16.0 Å². The van der Waals surface area contributed by atoms with Gasteiger partial charge in [-0.2, -0.15) is 0 Å². The van der Waals surface area contributed by atoms with E-state index in [1.54, 1.807) is 42.5 Å². The molecule has 7 heteroatoms. The van der Waals surface area contributed by atoms with E-state index >= 15 is 0 Å². The first kappa shape index (κ1) is 28.5. The van der Waals surface area contributed by atoms with Crippen LogP contribution in [0.1, 0.15) is 38.5 Å². The fourth-order valence-electron chi connectivity index (χ4n) is 5.80. The Morgan fingerprint density at radius 2 is 1.50 bits per heavy atom. The third-order valence-corrected chi connectivity index (χ3v) is 7.66. The van der Waals surface area contributed by atoms with E-state index in [0.717, 1.165) is 16.7 Å². The summed E-state index contributed by atoms with van der Waals surface area (Å²) in [6, 6.07) is 27.0. The zero-order valence-electron chi connectivity index (χ0n) is 23.4. The van der Waals surface area contributed by atoms with Crippen LogP contribution in [0.25, 0.3) is 6.08 Å². The van der Waals surface area contributed by atoms with Crippen LogP contribution < -0.4 is 11.1 Å². The van der Waals surface area contributed by atoms with E-state index in [4.69, 9.17) is 5.73 Å². The minimum Gasteiger partial charge on any atom is -0.368 e. The molecule has 42 heavy (non-hydrogen) atoms. The summed E-state index contributed by atoms with van der Waals surface area (Å²) in [7, 11) is 0. The summed E-state index contributed by atoms with van der Waals surface area (Å²) in [5.41, 5.74) is 10.3. The molecule has 5 rings (SSSR count). The van der Waals surface area contributed by atoms with Gasteiger partial charge in [0.2, 0.25) is 5.91 Å². The zero-order valence-corrected chi connectivity index (χ0v) is 23.4. The summed E-state index contributed by atoms with van der Waals surface area (Å²) < 4.78 is 14.0. The topological polar surface area (TPSA) is 92.5 Å². The normalized spacial score (nSPS) is 20.0. The molecule has 0 bridgehead atoms. The number of carbonyl (C=O) groups excluding carboxylic acids is 3. The van der Waals surface area contributed by atoms with Crippen molar-refractivity contribution in [2.24, 2.45) is 11.7 Å². The Bertz CT molecular complexity index is 1640. The number of hydrogen-bond donors (Lipinski definition) is 2. The number of likely N-dealkylation sites (tertiary alicyclic amines) is 1. The van der Waals surface area contributed by atoms with Crippen LogP contribution in [0.4, 0.5) is 14.9 Å².